The summed E-state index contributed by atoms with van der Waals surface area (Å²) >= 11 is 0. The van der Waals surface area contributed by atoms with E-state index >= 15 is 0 Å². The molecular weight excluding hydrogens is 97.8 g/mol. The fourth-order valence-corrected chi connectivity index (χ4v) is 0. The van der Waals surface area contributed by atoms with E-state index in [0.29, 0.717) is 0 Å². The van der Waals surface area contributed by atoms with E-state index in [4.69, 9.17) is 15.1 Å². The van der Waals surface area contributed by atoms with Gasteiger partial charge in [-0.2, -0.15) is 0 Å². The summed E-state index contributed by atoms with van der Waals surface area (Å²) in [6, 6.07) is 0. The number of hydrogen-bond donors (Lipinski definition) is 0. The zero-order valence-corrected chi connectivity index (χ0v) is 5.30. The molecule has 0 aliphatic rings. The molecule has 4 nitrogen and oxygen atoms in total. The van der Waals surface area contributed by atoms with Crippen LogP contribution in [0.25, 0.3) is 0 Å². The molecule has 0 unspecified atom stereocenters. The maximum atomic E-state index is 8.42. The molecule has 0 saturated heterocycles. The van der Waals surface area contributed by atoms with Crippen molar-refractivity contribution < 1.29 is 50.1 Å². The molecule has 0 saturated carbocycles. The Morgan fingerprint density at radius 3 is 1.00 bits per heavy atom. The van der Waals surface area contributed by atoms with E-state index in [1.807, 2.05) is 0 Å². The van der Waals surface area contributed by atoms with E-state index < -0.39 is 7.32 Å². The Kier molecular flexibility index (Phi) is 24.5. The van der Waals surface area contributed by atoms with Crippen LogP contribution in [0, 0.1) is 0 Å². The molecule has 6 heteroatoms. The predicted molar refractivity (Wildman–Crippen MR) is 9.37 cm³/mol. The van der Waals surface area contributed by atoms with E-state index in [2.05, 4.69) is 0 Å². The Hall–Kier alpha value is 0.905. The van der Waals surface area contributed by atoms with Crippen LogP contribution in [0.4, 0.5) is 0 Å². The maximum Gasteiger partial charge on any atom is 1.00 e. The Morgan fingerprint density at radius 1 is 1.00 bits per heavy atom. The van der Waals surface area contributed by atoms with Crippen molar-refractivity contribution in [2.24, 2.45) is 0 Å². The molecule has 0 fully saturated rings. The van der Waals surface area contributed by atoms with E-state index in [0.717, 1.165) is 0 Å². The summed E-state index contributed by atoms with van der Waals surface area (Å²) in [4.78, 5) is 0. The second-order valence-corrected chi connectivity index (χ2v) is 0.289. The molecule has 0 heterocycles. The Bertz CT molecular complexity index is 12.3. The molecule has 0 aliphatic heterocycles. The average molecular weight is 99.8 g/mol. The zero-order valence-electron chi connectivity index (χ0n) is 3.30. The Morgan fingerprint density at radius 2 is 1.00 bits per heavy atom. The fourth-order valence-electron chi connectivity index (χ4n) is 0. The third-order valence-electron chi connectivity index (χ3n) is 0. The molecule has 0 rings (SSSR count). The third-order valence-corrected chi connectivity index (χ3v) is 0. The van der Waals surface area contributed by atoms with Crippen LogP contribution in [-0.2, 0) is 0 Å². The number of rotatable bonds is 0. The topological polar surface area (TPSA) is 101 Å². The van der Waals surface area contributed by atoms with Crippen LogP contribution >= 0.6 is 0 Å². The van der Waals surface area contributed by atoms with E-state index in [-0.39, 0.29) is 35.0 Å². The van der Waals surface area contributed by atoms with E-state index in [9.17, 15) is 0 Å². The molecule has 0 radical (unpaired) electrons. The molecule has 0 atom stereocenters. The van der Waals surface area contributed by atoms with Crippen LogP contribution in [0.1, 0.15) is 0 Å². The summed E-state index contributed by atoms with van der Waals surface area (Å²) in [7, 11) is -2.92. The Balaban J connectivity index is -0.0000000450. The first-order valence-corrected chi connectivity index (χ1v) is 0.707. The van der Waals surface area contributed by atoms with Gasteiger partial charge in [-0.15, -0.1) is 0 Å². The summed E-state index contributed by atoms with van der Waals surface area (Å²) in [5.41, 5.74) is 0. The van der Waals surface area contributed by atoms with Crippen molar-refractivity contribution in [3.63, 3.8) is 0 Å². The molecule has 0 aromatic rings. The van der Waals surface area contributed by atoms with Crippen LogP contribution in [0.15, 0.2) is 0 Å². The molecule has 6 heavy (non-hydrogen) atoms. The standard InChI is InChI=1S/BO3.Na.H2O/c2-1(3)4;;/h;;1H2/q-3;+1;. The van der Waals surface area contributed by atoms with Crippen molar-refractivity contribution in [1.29, 1.82) is 0 Å². The predicted octanol–water partition coefficient (Wildman–Crippen LogP) is -7.77. The summed E-state index contributed by atoms with van der Waals surface area (Å²) in [5.74, 6) is 0. The van der Waals surface area contributed by atoms with Gasteiger partial charge in [-0.1, -0.05) is 0 Å². The van der Waals surface area contributed by atoms with Crippen molar-refractivity contribution in [3.05, 3.63) is 0 Å². The SMILES string of the molecule is O.[Na+].[O-]B([O-])[O-]. The van der Waals surface area contributed by atoms with Gasteiger partial charge >= 0.3 is 29.6 Å². The van der Waals surface area contributed by atoms with Gasteiger partial charge in [0.15, 0.2) is 0 Å². The van der Waals surface area contributed by atoms with Crippen LogP contribution in [-0.4, -0.2) is 12.8 Å². The summed E-state index contributed by atoms with van der Waals surface area (Å²) in [6.45, 7) is 0. The third kappa shape index (κ3) is 91.3. The minimum absolute atomic E-state index is 0. The summed E-state index contributed by atoms with van der Waals surface area (Å²) in [6.07, 6.45) is 0. The quantitative estimate of drug-likeness (QED) is 0.282. The molecule has 0 spiro atoms. The van der Waals surface area contributed by atoms with Gasteiger partial charge in [0.1, 0.15) is 0 Å². The second kappa shape index (κ2) is 9.32. The van der Waals surface area contributed by atoms with E-state index in [1.54, 1.807) is 0 Å². The van der Waals surface area contributed by atoms with Gasteiger partial charge in [0.25, 0.3) is 0 Å². The first-order chi connectivity index (χ1) is 1.73. The van der Waals surface area contributed by atoms with Gasteiger partial charge in [-0.25, -0.2) is 0 Å². The monoisotopic (exact) mass is 100.0 g/mol. The first-order valence-electron chi connectivity index (χ1n) is 0.707. The fraction of sp³-hybridized carbons (Fsp3) is 0. The first kappa shape index (κ1) is 15.8. The van der Waals surface area contributed by atoms with Crippen molar-refractivity contribution in [2.75, 3.05) is 0 Å². The van der Waals surface area contributed by atoms with Crippen LogP contribution in [0.2, 0.25) is 0 Å². The molecule has 32 valence electrons. The molecular formula is H2BNaO4-2. The van der Waals surface area contributed by atoms with Crippen LogP contribution < -0.4 is 44.6 Å². The van der Waals surface area contributed by atoms with E-state index in [1.165, 1.54) is 0 Å². The van der Waals surface area contributed by atoms with Crippen LogP contribution in [0.5, 0.6) is 0 Å². The molecule has 0 aliphatic carbocycles. The Labute approximate surface area is 57.6 Å². The van der Waals surface area contributed by atoms with Gasteiger partial charge in [0, 0.05) is 0 Å². The smallest absolute Gasteiger partial charge is 0.907 e. The summed E-state index contributed by atoms with van der Waals surface area (Å²) in [5, 5.41) is 25.2. The minimum atomic E-state index is -2.92. The van der Waals surface area contributed by atoms with Gasteiger partial charge in [0.2, 0.25) is 0 Å². The molecule has 0 bridgehead atoms. The molecule has 0 aromatic heterocycles. The summed E-state index contributed by atoms with van der Waals surface area (Å²) < 4.78 is 0. The minimum Gasteiger partial charge on any atom is -0.907 e. The van der Waals surface area contributed by atoms with Crippen molar-refractivity contribution in [3.8, 4) is 0 Å². The average Bonchev–Trinajstić information content (AvgIpc) is 0.811. The normalized spacial score (nSPS) is 4.50. The molecule has 2 N–H and O–H groups in total. The number of hydrogen-bond acceptors (Lipinski definition) is 3. The second-order valence-electron chi connectivity index (χ2n) is 0.289. The zero-order chi connectivity index (χ0) is 3.58. The van der Waals surface area contributed by atoms with Gasteiger partial charge in [0.05, 0.1) is 0 Å². The van der Waals surface area contributed by atoms with Gasteiger partial charge < -0.3 is 20.5 Å². The molecule has 0 amide bonds. The van der Waals surface area contributed by atoms with Gasteiger partial charge in [-0.3, -0.25) is 7.32 Å². The van der Waals surface area contributed by atoms with Crippen molar-refractivity contribution in [1.82, 2.24) is 0 Å². The molecule has 0 aromatic carbocycles. The largest absolute Gasteiger partial charge is 1.00 e. The van der Waals surface area contributed by atoms with Crippen LogP contribution in [0.3, 0.4) is 0 Å². The maximum absolute atomic E-state index is 8.42. The van der Waals surface area contributed by atoms with Gasteiger partial charge in [-0.05, 0) is 0 Å². The van der Waals surface area contributed by atoms with Crippen molar-refractivity contribution in [2.45, 2.75) is 0 Å². The van der Waals surface area contributed by atoms with Crippen molar-refractivity contribution >= 4 is 7.32 Å².